The monoisotopic (exact) mass is 217 g/mol. The molecule has 1 nitrogen and oxygen atoms in total. The van der Waals surface area contributed by atoms with Crippen molar-refractivity contribution in [1.29, 1.82) is 0 Å². The van der Waals surface area contributed by atoms with E-state index in [-0.39, 0.29) is 0 Å². The zero-order valence-electron chi connectivity index (χ0n) is 10.3. The van der Waals surface area contributed by atoms with Crippen LogP contribution in [0.15, 0.2) is 24.3 Å². The molecule has 0 spiro atoms. The van der Waals surface area contributed by atoms with Crippen molar-refractivity contribution in [2.45, 2.75) is 51.0 Å². The molecule has 1 aromatic carbocycles. The van der Waals surface area contributed by atoms with Gasteiger partial charge in [-0.05, 0) is 36.9 Å². The molecule has 1 heteroatoms. The molecule has 1 fully saturated rings. The molecule has 1 aliphatic carbocycles. The lowest BCUT2D eigenvalue weighted by atomic mass is 9.91. The summed E-state index contributed by atoms with van der Waals surface area (Å²) in [5.41, 5.74) is 2.99. The Bertz CT molecular complexity index is 311. The highest BCUT2D eigenvalue weighted by molar-refractivity contribution is 5.26. The molecule has 0 bridgehead atoms. The van der Waals surface area contributed by atoms with Crippen LogP contribution in [-0.4, -0.2) is 7.05 Å². The Hall–Kier alpha value is -0.820. The summed E-state index contributed by atoms with van der Waals surface area (Å²) < 4.78 is 0. The fraction of sp³-hybridized carbons (Fsp3) is 0.600. The van der Waals surface area contributed by atoms with Crippen molar-refractivity contribution in [3.05, 3.63) is 35.4 Å². The number of benzene rings is 1. The summed E-state index contributed by atoms with van der Waals surface area (Å²) in [7, 11) is 2.01. The van der Waals surface area contributed by atoms with E-state index in [1.165, 1.54) is 44.1 Å². The average Bonchev–Trinajstić information content (AvgIpc) is 2.58. The molecule has 1 aromatic rings. The van der Waals surface area contributed by atoms with E-state index in [0.29, 0.717) is 0 Å². The van der Waals surface area contributed by atoms with Crippen LogP contribution in [0.3, 0.4) is 0 Å². The maximum absolute atomic E-state index is 3.23. The van der Waals surface area contributed by atoms with Gasteiger partial charge in [-0.15, -0.1) is 0 Å². The largest absolute Gasteiger partial charge is 0.316 e. The number of nitrogens with one attached hydrogen (secondary N) is 1. The molecule has 88 valence electrons. The molecule has 0 saturated heterocycles. The predicted molar refractivity (Wildman–Crippen MR) is 69.6 cm³/mol. The molecule has 0 aliphatic heterocycles. The minimum Gasteiger partial charge on any atom is -0.316 e. The van der Waals surface area contributed by atoms with Crippen LogP contribution in [0.1, 0.15) is 55.6 Å². The summed E-state index contributed by atoms with van der Waals surface area (Å²) in [5, 5.41) is 3.23. The Labute approximate surface area is 99.3 Å². The van der Waals surface area contributed by atoms with E-state index in [4.69, 9.17) is 0 Å². The van der Waals surface area contributed by atoms with E-state index in [1.54, 1.807) is 5.56 Å². The van der Waals surface area contributed by atoms with Crippen molar-refractivity contribution in [3.63, 3.8) is 0 Å². The normalized spacial score (nSPS) is 18.3. The Balaban J connectivity index is 2.08. The first kappa shape index (κ1) is 11.7. The third kappa shape index (κ3) is 3.08. The molecular weight excluding hydrogens is 194 g/mol. The molecule has 16 heavy (non-hydrogen) atoms. The van der Waals surface area contributed by atoms with Crippen LogP contribution in [0, 0.1) is 0 Å². The lowest BCUT2D eigenvalue weighted by molar-refractivity contribution is 0.591. The van der Waals surface area contributed by atoms with E-state index in [1.807, 2.05) is 7.05 Å². The Morgan fingerprint density at radius 3 is 2.56 bits per heavy atom. The highest BCUT2D eigenvalue weighted by Crippen LogP contribution is 2.31. The fourth-order valence-electron chi connectivity index (χ4n) is 2.77. The summed E-state index contributed by atoms with van der Waals surface area (Å²) >= 11 is 0. The Kier molecular flexibility index (Phi) is 4.41. The van der Waals surface area contributed by atoms with Gasteiger partial charge >= 0.3 is 0 Å². The molecule has 1 N–H and O–H groups in total. The van der Waals surface area contributed by atoms with Gasteiger partial charge < -0.3 is 5.32 Å². The van der Waals surface area contributed by atoms with Crippen molar-refractivity contribution in [1.82, 2.24) is 5.32 Å². The third-order valence-corrected chi connectivity index (χ3v) is 3.66. The quantitative estimate of drug-likeness (QED) is 0.758. The SMILES string of the molecule is CNCc1cccc(C2CCCCCC2)c1. The van der Waals surface area contributed by atoms with Crippen molar-refractivity contribution in [2.75, 3.05) is 7.05 Å². The second kappa shape index (κ2) is 6.05. The zero-order valence-corrected chi connectivity index (χ0v) is 10.3. The minimum atomic E-state index is 0.819. The van der Waals surface area contributed by atoms with E-state index < -0.39 is 0 Å². The summed E-state index contributed by atoms with van der Waals surface area (Å²) in [6.07, 6.45) is 8.49. The van der Waals surface area contributed by atoms with Crippen molar-refractivity contribution in [2.24, 2.45) is 0 Å². The standard InChI is InChI=1S/C15H23N/c1-16-12-13-7-6-10-15(11-13)14-8-4-2-3-5-9-14/h6-7,10-11,14,16H,2-5,8-9,12H2,1H3. The van der Waals surface area contributed by atoms with Gasteiger partial charge in [0.2, 0.25) is 0 Å². The van der Waals surface area contributed by atoms with Crippen LogP contribution < -0.4 is 5.32 Å². The molecule has 0 unspecified atom stereocenters. The summed E-state index contributed by atoms with van der Waals surface area (Å²) in [4.78, 5) is 0. The maximum atomic E-state index is 3.23. The van der Waals surface area contributed by atoms with Crippen molar-refractivity contribution < 1.29 is 0 Å². The molecular formula is C15H23N. The lowest BCUT2D eigenvalue weighted by Crippen LogP contribution is -2.06. The summed E-state index contributed by atoms with van der Waals surface area (Å²) in [6, 6.07) is 9.14. The van der Waals surface area contributed by atoms with Gasteiger partial charge in [0.05, 0.1) is 0 Å². The van der Waals surface area contributed by atoms with Gasteiger partial charge in [-0.2, -0.15) is 0 Å². The van der Waals surface area contributed by atoms with Crippen molar-refractivity contribution >= 4 is 0 Å². The van der Waals surface area contributed by atoms with E-state index in [9.17, 15) is 0 Å². The molecule has 0 aromatic heterocycles. The van der Waals surface area contributed by atoms with Gasteiger partial charge in [-0.1, -0.05) is 49.9 Å². The number of hydrogen-bond acceptors (Lipinski definition) is 1. The Morgan fingerprint density at radius 2 is 1.88 bits per heavy atom. The molecule has 0 atom stereocenters. The molecule has 2 rings (SSSR count). The van der Waals surface area contributed by atoms with Crippen LogP contribution in [0.5, 0.6) is 0 Å². The highest BCUT2D eigenvalue weighted by atomic mass is 14.8. The second-order valence-electron chi connectivity index (χ2n) is 4.96. The highest BCUT2D eigenvalue weighted by Gasteiger charge is 2.14. The maximum Gasteiger partial charge on any atom is 0.0202 e. The van der Waals surface area contributed by atoms with Crippen LogP contribution in [0.25, 0.3) is 0 Å². The average molecular weight is 217 g/mol. The lowest BCUT2D eigenvalue weighted by Gasteiger charge is -2.15. The first-order chi connectivity index (χ1) is 7.90. The van der Waals surface area contributed by atoms with E-state index >= 15 is 0 Å². The molecule has 0 heterocycles. The Morgan fingerprint density at radius 1 is 1.12 bits per heavy atom. The van der Waals surface area contributed by atoms with Crippen LogP contribution in [-0.2, 0) is 6.54 Å². The van der Waals surface area contributed by atoms with Gasteiger partial charge in [-0.25, -0.2) is 0 Å². The van der Waals surface area contributed by atoms with Crippen molar-refractivity contribution in [3.8, 4) is 0 Å². The molecule has 1 aliphatic rings. The third-order valence-electron chi connectivity index (χ3n) is 3.66. The van der Waals surface area contributed by atoms with Gasteiger partial charge in [-0.3, -0.25) is 0 Å². The van der Waals surface area contributed by atoms with Gasteiger partial charge in [0, 0.05) is 6.54 Å². The summed E-state index contributed by atoms with van der Waals surface area (Å²) in [5.74, 6) is 0.819. The first-order valence-electron chi connectivity index (χ1n) is 6.63. The van der Waals surface area contributed by atoms with E-state index in [2.05, 4.69) is 29.6 Å². The number of hydrogen-bond donors (Lipinski definition) is 1. The van der Waals surface area contributed by atoms with Crippen LogP contribution >= 0.6 is 0 Å². The smallest absolute Gasteiger partial charge is 0.0202 e. The van der Waals surface area contributed by atoms with Crippen LogP contribution in [0.2, 0.25) is 0 Å². The summed E-state index contributed by atoms with van der Waals surface area (Å²) in [6.45, 7) is 0.987. The molecule has 0 amide bonds. The first-order valence-corrected chi connectivity index (χ1v) is 6.63. The number of rotatable bonds is 3. The molecule has 0 radical (unpaired) electrons. The van der Waals surface area contributed by atoms with Crippen LogP contribution in [0.4, 0.5) is 0 Å². The van der Waals surface area contributed by atoms with E-state index in [0.717, 1.165) is 12.5 Å². The van der Waals surface area contributed by atoms with Gasteiger partial charge in [0.15, 0.2) is 0 Å². The molecule has 1 saturated carbocycles. The van der Waals surface area contributed by atoms with Gasteiger partial charge in [0.25, 0.3) is 0 Å². The topological polar surface area (TPSA) is 12.0 Å². The second-order valence-corrected chi connectivity index (χ2v) is 4.96. The predicted octanol–water partition coefficient (Wildman–Crippen LogP) is 3.84. The minimum absolute atomic E-state index is 0.819. The fourth-order valence-corrected chi connectivity index (χ4v) is 2.77. The van der Waals surface area contributed by atoms with Gasteiger partial charge in [0.1, 0.15) is 0 Å². The zero-order chi connectivity index (χ0) is 11.2.